The lowest BCUT2D eigenvalue weighted by atomic mass is 9.97. The van der Waals surface area contributed by atoms with Gasteiger partial charge in [-0.1, -0.05) is 18.2 Å². The van der Waals surface area contributed by atoms with Gasteiger partial charge in [-0.05, 0) is 95.2 Å². The van der Waals surface area contributed by atoms with Gasteiger partial charge < -0.3 is 63.1 Å². The van der Waals surface area contributed by atoms with Crippen LogP contribution in [-0.4, -0.2) is 167 Å². The van der Waals surface area contributed by atoms with Gasteiger partial charge in [-0.25, -0.2) is 60.3 Å². The Balaban J connectivity index is 0.000000275. The molecule has 6 heterocycles. The number of para-hydroxylation sites is 1. The number of nitrogens with two attached hydrogens (primary N) is 1. The molecule has 37 heteroatoms. The average Bonchev–Trinajstić information content (AvgIpc) is 1.80. The summed E-state index contributed by atoms with van der Waals surface area (Å²) in [5.74, 6) is -7.24. The number of phosphoric acid groups is 1. The van der Waals surface area contributed by atoms with E-state index in [9.17, 15) is 33.7 Å². The number of ether oxygens (including phenoxy) is 9. The molecule has 2 saturated heterocycles. The molecule has 478 valence electrons. The van der Waals surface area contributed by atoms with Crippen LogP contribution in [0, 0.1) is 6.92 Å². The highest BCUT2D eigenvalue weighted by molar-refractivity contribution is 7.52. The van der Waals surface area contributed by atoms with E-state index in [0.717, 1.165) is 35.6 Å². The van der Waals surface area contributed by atoms with Crippen molar-refractivity contribution in [3.05, 3.63) is 48.8 Å². The molecule has 2 aliphatic rings. The molecule has 0 radical (unpaired) electrons. The fourth-order valence-corrected chi connectivity index (χ4v) is 10.4. The Bertz CT molecular complexity index is 3210. The van der Waals surface area contributed by atoms with Crippen molar-refractivity contribution in [2.45, 2.75) is 155 Å². The van der Waals surface area contributed by atoms with Crippen LogP contribution < -0.4 is 24.8 Å². The molecule has 0 aliphatic carbocycles. The van der Waals surface area contributed by atoms with E-state index >= 15 is 17.6 Å². The predicted octanol–water partition coefficient (Wildman–Crippen LogP) is 7.24. The van der Waals surface area contributed by atoms with Gasteiger partial charge in [-0.15, -0.1) is 0 Å². The summed E-state index contributed by atoms with van der Waals surface area (Å²) in [4.78, 5) is 60.3. The van der Waals surface area contributed by atoms with Crippen LogP contribution in [0.2, 0.25) is 0 Å². The van der Waals surface area contributed by atoms with Crippen molar-refractivity contribution in [3.63, 3.8) is 0 Å². The molecule has 5 aromatic rings. The lowest BCUT2D eigenvalue weighted by molar-refractivity contribution is -0.205. The van der Waals surface area contributed by atoms with E-state index in [1.807, 2.05) is 0 Å². The van der Waals surface area contributed by atoms with Crippen LogP contribution in [0.25, 0.3) is 22.3 Å². The van der Waals surface area contributed by atoms with Crippen LogP contribution in [0.3, 0.4) is 0 Å². The predicted molar refractivity (Wildman–Crippen MR) is 286 cm³/mol. The first kappa shape index (κ1) is 68.5. The monoisotopic (exact) mass is 1270 g/mol. The van der Waals surface area contributed by atoms with Crippen LogP contribution in [0.1, 0.15) is 94.4 Å². The van der Waals surface area contributed by atoms with Crippen LogP contribution in [0.5, 0.6) is 17.5 Å². The first-order valence-corrected chi connectivity index (χ1v) is 29.3. The number of aryl methyl sites for hydroxylation is 1. The van der Waals surface area contributed by atoms with E-state index in [1.54, 1.807) is 52.8 Å². The molecule has 2 aliphatic heterocycles. The Morgan fingerprint density at radius 3 is 1.60 bits per heavy atom. The van der Waals surface area contributed by atoms with Gasteiger partial charge >= 0.3 is 33.8 Å². The number of nitrogens with zero attached hydrogens (tertiary/aromatic N) is 8. The standard InChI is InChI=1S/C25H33F2N6O8P.C24H35F2N4O13P/c1-6-37-19-17-18(30-23(28)31-19)33(13-29-17)22-24(5,26)21(35)25(27,40-22)12-38-42(36,41-16-10-8-7-9-11-16)32-15(4)20(34)39-14(2)3;1-8-35-18-16-17(28-15(6)29-18)30(10-27-16)20-23(7,25)19(31)24(26,43-20)9-38-44(34,39-11-36-21(32)41-13(2)3)40-12-37-22(33)42-14(4)5/h7-11,13-15,21-22,35H,6,12H2,1-5H3,(H,32,36)(H2,28,30,31);10,13-14,19-20,31H,8-9,11-12H2,1-7H3/t15?,21-,22+,24+,25+,42+;19-,20+,23+,24+/m00/s1. The number of anilines is 1. The summed E-state index contributed by atoms with van der Waals surface area (Å²) in [7, 11) is -9.55. The topological polar surface area (TPSA) is 380 Å². The second-order valence-corrected chi connectivity index (χ2v) is 23.3. The molecule has 31 nitrogen and oxygen atoms in total. The van der Waals surface area contributed by atoms with Gasteiger partial charge in [0.1, 0.15) is 30.8 Å². The van der Waals surface area contributed by atoms with Crippen molar-refractivity contribution in [2.24, 2.45) is 0 Å². The van der Waals surface area contributed by atoms with Crippen molar-refractivity contribution in [2.75, 3.05) is 45.7 Å². The molecule has 4 aromatic heterocycles. The number of benzene rings is 1. The summed E-state index contributed by atoms with van der Waals surface area (Å²) in [6, 6.07) is 6.50. The van der Waals surface area contributed by atoms with Gasteiger partial charge in [-0.3, -0.25) is 23.0 Å². The number of nitrogens with one attached hydrogen (secondary N) is 1. The zero-order chi connectivity index (χ0) is 63.7. The Labute approximate surface area is 488 Å². The molecule has 7 rings (SSSR count). The normalized spacial score (nSPS) is 24.9. The molecule has 1 unspecified atom stereocenters. The van der Waals surface area contributed by atoms with E-state index in [4.69, 9.17) is 61.5 Å². The molecule has 0 bridgehead atoms. The number of carbonyl (C=O) groups excluding carboxylic acids is 3. The minimum atomic E-state index is -4.98. The maximum atomic E-state index is 16.2. The average molecular weight is 1270 g/mol. The number of alkyl halides is 4. The van der Waals surface area contributed by atoms with E-state index in [-0.39, 0.29) is 64.8 Å². The third-order valence-corrected chi connectivity index (χ3v) is 14.7. The van der Waals surface area contributed by atoms with Crippen LogP contribution in [-0.2, 0) is 65.2 Å². The van der Waals surface area contributed by atoms with Gasteiger partial charge in [0.25, 0.3) is 11.7 Å². The summed E-state index contributed by atoms with van der Waals surface area (Å²) >= 11 is 0. The number of hydrogen-bond donors (Lipinski definition) is 4. The SMILES string of the molecule is CCOc1nc(C)nc2c1ncn2[C@@H]1O[C@](F)(COP(=O)(OCOC(=O)OC(C)C)OCOC(=O)OC(C)C)[C@@H](O)[C@@]1(C)F.CCOc1nc(N)nc2c1ncn2[C@@H]1O[C@](F)(CO[P@](=O)(NC(C)C(=O)OC(C)C)Oc2ccccc2)[C@@H](O)[C@@]1(C)F. The lowest BCUT2D eigenvalue weighted by Gasteiger charge is -2.28. The lowest BCUT2D eigenvalue weighted by Crippen LogP contribution is -2.47. The Morgan fingerprint density at radius 2 is 1.14 bits per heavy atom. The third kappa shape index (κ3) is 16.5. The second kappa shape index (κ2) is 28.0. The van der Waals surface area contributed by atoms with E-state index < -0.39 is 133 Å². The number of halogens is 4. The van der Waals surface area contributed by atoms with Crippen LogP contribution >= 0.6 is 15.6 Å². The van der Waals surface area contributed by atoms with Crippen LogP contribution in [0.15, 0.2) is 43.0 Å². The zero-order valence-electron chi connectivity index (χ0n) is 48.6. The molecule has 5 N–H and O–H groups in total. The van der Waals surface area contributed by atoms with Crippen molar-refractivity contribution in [1.29, 1.82) is 0 Å². The minimum Gasteiger partial charge on any atom is -0.476 e. The fourth-order valence-electron chi connectivity index (χ4n) is 7.96. The van der Waals surface area contributed by atoms with Gasteiger partial charge in [-0.2, -0.15) is 20.0 Å². The highest BCUT2D eigenvalue weighted by atomic mass is 31.2. The van der Waals surface area contributed by atoms with Crippen molar-refractivity contribution in [1.82, 2.24) is 44.1 Å². The highest BCUT2D eigenvalue weighted by Gasteiger charge is 2.67. The number of carbonyl (C=O) groups is 3. The molecule has 0 amide bonds. The molecule has 1 aromatic carbocycles. The molecule has 86 heavy (non-hydrogen) atoms. The van der Waals surface area contributed by atoms with E-state index in [2.05, 4.69) is 44.5 Å². The first-order valence-electron chi connectivity index (χ1n) is 26.3. The van der Waals surface area contributed by atoms with Gasteiger partial charge in [0.05, 0.1) is 44.2 Å². The molecular weight excluding hydrogens is 1200 g/mol. The number of fused-ring (bicyclic) bond motifs is 2. The maximum absolute atomic E-state index is 16.2. The molecule has 10 atom stereocenters. The van der Waals surface area contributed by atoms with Crippen molar-refractivity contribution in [3.8, 4) is 17.5 Å². The second-order valence-electron chi connectivity index (χ2n) is 19.9. The fraction of sp³-hybridized carbons (Fsp3) is 0.612. The zero-order valence-corrected chi connectivity index (χ0v) is 50.4. The van der Waals surface area contributed by atoms with Gasteiger partial charge in [0, 0.05) is 0 Å². The molecule has 2 fully saturated rings. The summed E-state index contributed by atoms with van der Waals surface area (Å²) < 4.78 is 164. The Hall–Kier alpha value is -6.65. The number of rotatable bonds is 26. The van der Waals surface area contributed by atoms with Gasteiger partial charge in [0.15, 0.2) is 58.3 Å². The van der Waals surface area contributed by atoms with Crippen molar-refractivity contribution < 1.29 is 117 Å². The van der Waals surface area contributed by atoms with Crippen molar-refractivity contribution >= 4 is 62.1 Å². The number of phosphoric ester groups is 1. The van der Waals surface area contributed by atoms with E-state index in [0.29, 0.717) is 0 Å². The number of aliphatic hydroxyl groups excluding tert-OH is 2. The summed E-state index contributed by atoms with van der Waals surface area (Å²) in [5.41, 5.74) is 0.331. The number of imidazole rings is 2. The van der Waals surface area contributed by atoms with E-state index in [1.165, 1.54) is 46.8 Å². The van der Waals surface area contributed by atoms with Gasteiger partial charge in [0.2, 0.25) is 31.3 Å². The number of aliphatic hydroxyl groups is 2. The van der Waals surface area contributed by atoms with Crippen LogP contribution in [0.4, 0.5) is 33.1 Å². The smallest absolute Gasteiger partial charge is 0.476 e. The first-order chi connectivity index (χ1) is 40.2. The maximum Gasteiger partial charge on any atom is 0.510 e. The summed E-state index contributed by atoms with van der Waals surface area (Å²) in [5, 5.41) is 23.8. The number of nitrogen functional groups attached to an aromatic ring is 1. The Kier molecular flexibility index (Phi) is 22.3. The number of aromatic nitrogens is 8. The highest BCUT2D eigenvalue weighted by Crippen LogP contribution is 2.55. The largest absolute Gasteiger partial charge is 0.510 e. The Morgan fingerprint density at radius 1 is 0.686 bits per heavy atom. The summed E-state index contributed by atoms with van der Waals surface area (Å²) in [6.07, 6.45) is -10.5. The molecule has 0 saturated carbocycles. The number of hydrogen-bond acceptors (Lipinski definition) is 28. The third-order valence-electron chi connectivity index (χ3n) is 11.8. The minimum absolute atomic E-state index is 0.0143. The molecule has 0 spiro atoms. The number of esters is 1. The molecular formula is C49H68F4N10O21P2. The quantitative estimate of drug-likeness (QED) is 0.0139. The summed E-state index contributed by atoms with van der Waals surface area (Å²) in [6.45, 7) is 13.0.